The molecule has 126 valence electrons. The third-order valence-corrected chi connectivity index (χ3v) is 4.66. The molecule has 2 fully saturated rings. The number of morpholine rings is 1. The summed E-state index contributed by atoms with van der Waals surface area (Å²) >= 11 is 0. The number of hydrogen-bond donors (Lipinski definition) is 0. The molecule has 2 aliphatic heterocycles. The Morgan fingerprint density at radius 3 is 2.35 bits per heavy atom. The van der Waals surface area contributed by atoms with Crippen LogP contribution in [0.1, 0.15) is 24.2 Å². The molecule has 2 aliphatic rings. The smallest absolute Gasteiger partial charge is 0.255 e. The fourth-order valence-electron chi connectivity index (χ4n) is 3.12. The van der Waals surface area contributed by atoms with E-state index in [4.69, 9.17) is 4.74 Å². The molecule has 1 amide bonds. The van der Waals surface area contributed by atoms with Crippen molar-refractivity contribution in [3.05, 3.63) is 23.9 Å². The Kier molecular flexibility index (Phi) is 5.13. The molecule has 0 unspecified atom stereocenters. The maximum absolute atomic E-state index is 12.6. The second-order valence-corrected chi connectivity index (χ2v) is 6.43. The summed E-state index contributed by atoms with van der Waals surface area (Å²) in [6.07, 6.45) is 1.71. The molecule has 1 aromatic heterocycles. The van der Waals surface area contributed by atoms with E-state index in [1.54, 1.807) is 6.20 Å². The topological polar surface area (TPSA) is 48.9 Å². The second-order valence-electron chi connectivity index (χ2n) is 6.43. The minimum atomic E-state index is 0.0921. The van der Waals surface area contributed by atoms with Crippen molar-refractivity contribution in [3.63, 3.8) is 0 Å². The number of amides is 1. The van der Waals surface area contributed by atoms with Crippen molar-refractivity contribution in [1.82, 2.24) is 14.8 Å². The van der Waals surface area contributed by atoms with Crippen molar-refractivity contribution in [3.8, 4) is 0 Å². The Bertz CT molecular complexity index is 518. The van der Waals surface area contributed by atoms with E-state index in [1.807, 2.05) is 17.0 Å². The Labute approximate surface area is 138 Å². The van der Waals surface area contributed by atoms with Gasteiger partial charge in [0, 0.05) is 51.5 Å². The van der Waals surface area contributed by atoms with Crippen LogP contribution in [0.2, 0.25) is 0 Å². The number of hydrogen-bond acceptors (Lipinski definition) is 5. The van der Waals surface area contributed by atoms with E-state index in [2.05, 4.69) is 28.6 Å². The van der Waals surface area contributed by atoms with Crippen molar-refractivity contribution < 1.29 is 9.53 Å². The minimum Gasteiger partial charge on any atom is -0.378 e. The van der Waals surface area contributed by atoms with Crippen molar-refractivity contribution in [2.75, 3.05) is 57.4 Å². The molecule has 0 spiro atoms. The van der Waals surface area contributed by atoms with E-state index in [-0.39, 0.29) is 5.91 Å². The molecule has 3 heterocycles. The molecule has 1 aromatic rings. The fourth-order valence-corrected chi connectivity index (χ4v) is 3.12. The molecule has 0 atom stereocenters. The van der Waals surface area contributed by atoms with Crippen LogP contribution in [0.3, 0.4) is 0 Å². The summed E-state index contributed by atoms with van der Waals surface area (Å²) in [6.45, 7) is 11.1. The highest BCUT2D eigenvalue weighted by Gasteiger charge is 2.23. The van der Waals surface area contributed by atoms with E-state index in [9.17, 15) is 4.79 Å². The van der Waals surface area contributed by atoms with Gasteiger partial charge in [-0.15, -0.1) is 0 Å². The number of pyridine rings is 1. The third kappa shape index (κ3) is 3.82. The second kappa shape index (κ2) is 7.27. The maximum atomic E-state index is 12.6. The standard InChI is InChI=1S/C17H26N4O2/c1-14(2)19-5-7-21(8-6-19)17(22)15-3-4-16(18-13-15)20-9-11-23-12-10-20/h3-4,13-14H,5-12H2,1-2H3. The summed E-state index contributed by atoms with van der Waals surface area (Å²) < 4.78 is 5.35. The summed E-state index contributed by atoms with van der Waals surface area (Å²) in [5, 5.41) is 0. The van der Waals surface area contributed by atoms with Gasteiger partial charge in [0.2, 0.25) is 0 Å². The Morgan fingerprint density at radius 2 is 1.78 bits per heavy atom. The van der Waals surface area contributed by atoms with Crippen molar-refractivity contribution >= 4 is 11.7 Å². The highest BCUT2D eigenvalue weighted by Crippen LogP contribution is 2.15. The van der Waals surface area contributed by atoms with Crippen LogP contribution in [0.25, 0.3) is 0 Å². The van der Waals surface area contributed by atoms with Gasteiger partial charge in [0.05, 0.1) is 18.8 Å². The van der Waals surface area contributed by atoms with Crippen LogP contribution in [0.5, 0.6) is 0 Å². The van der Waals surface area contributed by atoms with Gasteiger partial charge >= 0.3 is 0 Å². The third-order valence-electron chi connectivity index (χ3n) is 4.66. The zero-order chi connectivity index (χ0) is 16.2. The molecule has 0 aromatic carbocycles. The SMILES string of the molecule is CC(C)N1CCN(C(=O)c2ccc(N3CCOCC3)nc2)CC1. The summed E-state index contributed by atoms with van der Waals surface area (Å²) in [5.74, 6) is 1.02. The average molecular weight is 318 g/mol. The van der Waals surface area contributed by atoms with E-state index in [1.165, 1.54) is 0 Å². The largest absolute Gasteiger partial charge is 0.378 e. The zero-order valence-electron chi connectivity index (χ0n) is 14.1. The minimum absolute atomic E-state index is 0.0921. The van der Waals surface area contributed by atoms with Crippen molar-refractivity contribution in [1.29, 1.82) is 0 Å². The lowest BCUT2D eigenvalue weighted by Crippen LogP contribution is -2.50. The number of carbonyl (C=O) groups excluding carboxylic acids is 1. The molecule has 0 N–H and O–H groups in total. The molecular formula is C17H26N4O2. The first-order valence-corrected chi connectivity index (χ1v) is 8.47. The van der Waals surface area contributed by atoms with E-state index >= 15 is 0 Å². The summed E-state index contributed by atoms with van der Waals surface area (Å²) in [7, 11) is 0. The van der Waals surface area contributed by atoms with Gasteiger partial charge in [0.15, 0.2) is 0 Å². The van der Waals surface area contributed by atoms with Gasteiger partial charge < -0.3 is 14.5 Å². The molecule has 0 saturated carbocycles. The monoisotopic (exact) mass is 318 g/mol. The van der Waals surface area contributed by atoms with Crippen molar-refractivity contribution in [2.45, 2.75) is 19.9 Å². The summed E-state index contributed by atoms with van der Waals surface area (Å²) in [5.41, 5.74) is 0.681. The Morgan fingerprint density at radius 1 is 1.09 bits per heavy atom. The van der Waals surface area contributed by atoms with Crippen molar-refractivity contribution in [2.24, 2.45) is 0 Å². The van der Waals surface area contributed by atoms with E-state index in [0.717, 1.165) is 58.3 Å². The van der Waals surface area contributed by atoms with E-state index < -0.39 is 0 Å². The molecule has 0 radical (unpaired) electrons. The highest BCUT2D eigenvalue weighted by atomic mass is 16.5. The summed E-state index contributed by atoms with van der Waals surface area (Å²) in [6, 6.07) is 4.39. The first-order chi connectivity index (χ1) is 11.1. The number of aromatic nitrogens is 1. The maximum Gasteiger partial charge on any atom is 0.255 e. The van der Waals surface area contributed by atoms with Gasteiger partial charge in [-0.1, -0.05) is 0 Å². The van der Waals surface area contributed by atoms with Gasteiger partial charge in [-0.2, -0.15) is 0 Å². The number of rotatable bonds is 3. The predicted octanol–water partition coefficient (Wildman–Crippen LogP) is 1.08. The average Bonchev–Trinajstić information content (AvgIpc) is 2.62. The quantitative estimate of drug-likeness (QED) is 0.835. The first-order valence-electron chi connectivity index (χ1n) is 8.47. The molecule has 23 heavy (non-hydrogen) atoms. The molecular weight excluding hydrogens is 292 g/mol. The molecule has 0 bridgehead atoms. The lowest BCUT2D eigenvalue weighted by molar-refractivity contribution is 0.0595. The van der Waals surface area contributed by atoms with Crippen LogP contribution in [0.4, 0.5) is 5.82 Å². The highest BCUT2D eigenvalue weighted by molar-refractivity contribution is 5.94. The number of piperazine rings is 1. The van der Waals surface area contributed by atoms with Crippen LogP contribution in [0, 0.1) is 0 Å². The van der Waals surface area contributed by atoms with Crippen LogP contribution in [0.15, 0.2) is 18.3 Å². The lowest BCUT2D eigenvalue weighted by atomic mass is 10.2. The Hall–Kier alpha value is -1.66. The fraction of sp³-hybridized carbons (Fsp3) is 0.647. The normalized spacial score (nSPS) is 20.1. The van der Waals surface area contributed by atoms with Crippen LogP contribution >= 0.6 is 0 Å². The lowest BCUT2D eigenvalue weighted by Gasteiger charge is -2.37. The van der Waals surface area contributed by atoms with Gasteiger partial charge in [-0.05, 0) is 26.0 Å². The van der Waals surface area contributed by atoms with Gasteiger partial charge in [-0.25, -0.2) is 4.98 Å². The van der Waals surface area contributed by atoms with Crippen LogP contribution in [-0.2, 0) is 4.74 Å². The van der Waals surface area contributed by atoms with E-state index in [0.29, 0.717) is 11.6 Å². The molecule has 0 aliphatic carbocycles. The number of nitrogens with zero attached hydrogens (tertiary/aromatic N) is 4. The molecule has 6 nitrogen and oxygen atoms in total. The van der Waals surface area contributed by atoms with Gasteiger partial charge in [0.1, 0.15) is 5.82 Å². The Balaban J connectivity index is 1.59. The number of carbonyl (C=O) groups is 1. The summed E-state index contributed by atoms with van der Waals surface area (Å²) in [4.78, 5) is 23.6. The van der Waals surface area contributed by atoms with Crippen LogP contribution in [-0.4, -0.2) is 79.2 Å². The van der Waals surface area contributed by atoms with Crippen LogP contribution < -0.4 is 4.90 Å². The zero-order valence-corrected chi connectivity index (χ0v) is 14.1. The first kappa shape index (κ1) is 16.2. The van der Waals surface area contributed by atoms with Gasteiger partial charge in [0.25, 0.3) is 5.91 Å². The number of ether oxygens (including phenoxy) is 1. The molecule has 3 rings (SSSR count). The number of anilines is 1. The molecule has 2 saturated heterocycles. The van der Waals surface area contributed by atoms with Gasteiger partial charge in [-0.3, -0.25) is 9.69 Å². The predicted molar refractivity (Wildman–Crippen MR) is 89.9 cm³/mol. The molecule has 6 heteroatoms.